The van der Waals surface area contributed by atoms with E-state index in [1.807, 2.05) is 4.90 Å². The summed E-state index contributed by atoms with van der Waals surface area (Å²) in [5, 5.41) is 2.88. The maximum Gasteiger partial charge on any atom is 0.241 e. The minimum Gasteiger partial charge on any atom is -0.374 e. The molecule has 0 radical (unpaired) electrons. The summed E-state index contributed by atoms with van der Waals surface area (Å²) in [6.45, 7) is 1.79. The zero-order valence-electron chi connectivity index (χ0n) is 10.8. The number of nitrogens with zero attached hydrogens (tertiary/aromatic N) is 1. The quantitative estimate of drug-likeness (QED) is 0.922. The molecule has 1 aromatic carbocycles. The van der Waals surface area contributed by atoms with Crippen molar-refractivity contribution >= 4 is 27.5 Å². The third-order valence-corrected chi connectivity index (χ3v) is 3.81. The van der Waals surface area contributed by atoms with Crippen molar-refractivity contribution in [2.24, 2.45) is 0 Å². The molecule has 1 fully saturated rings. The summed E-state index contributed by atoms with van der Waals surface area (Å²) >= 11 is 3.29. The molecule has 0 spiro atoms. The van der Waals surface area contributed by atoms with Gasteiger partial charge in [-0.2, -0.15) is 0 Å². The highest BCUT2D eigenvalue weighted by Gasteiger charge is 2.15. The van der Waals surface area contributed by atoms with Crippen LogP contribution in [-0.4, -0.2) is 30.4 Å². The van der Waals surface area contributed by atoms with Crippen LogP contribution in [0.15, 0.2) is 22.7 Å². The highest BCUT2D eigenvalue weighted by molar-refractivity contribution is 9.10. The fourth-order valence-electron chi connectivity index (χ4n) is 2.24. The van der Waals surface area contributed by atoms with Crippen LogP contribution in [0.3, 0.4) is 0 Å². The lowest BCUT2D eigenvalue weighted by Crippen LogP contribution is -2.36. The van der Waals surface area contributed by atoms with Crippen LogP contribution in [0.2, 0.25) is 0 Å². The predicted molar refractivity (Wildman–Crippen MR) is 77.6 cm³/mol. The lowest BCUT2D eigenvalue weighted by molar-refractivity contribution is -0.129. The van der Waals surface area contributed by atoms with E-state index in [1.54, 1.807) is 12.1 Å². The van der Waals surface area contributed by atoms with E-state index in [0.717, 1.165) is 30.4 Å². The van der Waals surface area contributed by atoms with Crippen molar-refractivity contribution in [3.05, 3.63) is 28.5 Å². The van der Waals surface area contributed by atoms with Crippen molar-refractivity contribution in [1.82, 2.24) is 4.90 Å². The van der Waals surface area contributed by atoms with Crippen LogP contribution in [0, 0.1) is 5.82 Å². The first-order valence-corrected chi connectivity index (χ1v) is 7.43. The van der Waals surface area contributed by atoms with Crippen molar-refractivity contribution in [2.75, 3.05) is 25.0 Å². The molecule has 19 heavy (non-hydrogen) atoms. The Labute approximate surface area is 121 Å². The van der Waals surface area contributed by atoms with Crippen molar-refractivity contribution in [2.45, 2.75) is 25.7 Å². The van der Waals surface area contributed by atoms with Gasteiger partial charge in [-0.05, 0) is 31.0 Å². The molecule has 1 amide bonds. The van der Waals surface area contributed by atoms with Crippen LogP contribution in [0.25, 0.3) is 0 Å². The summed E-state index contributed by atoms with van der Waals surface area (Å²) in [5.41, 5.74) is 0.359. The molecule has 1 N–H and O–H groups in total. The number of carbonyl (C=O) groups excluding carboxylic acids is 1. The molecular weight excluding hydrogens is 311 g/mol. The van der Waals surface area contributed by atoms with Crippen LogP contribution in [0.1, 0.15) is 25.7 Å². The number of nitrogens with one attached hydrogen (secondary N) is 1. The molecule has 0 aliphatic carbocycles. The third kappa shape index (κ3) is 4.20. The topological polar surface area (TPSA) is 32.3 Å². The second-order valence-electron chi connectivity index (χ2n) is 4.77. The molecule has 5 heteroatoms. The van der Waals surface area contributed by atoms with Gasteiger partial charge in [-0.3, -0.25) is 4.79 Å². The molecule has 0 saturated carbocycles. The van der Waals surface area contributed by atoms with Crippen molar-refractivity contribution in [1.29, 1.82) is 0 Å². The van der Waals surface area contributed by atoms with Crippen molar-refractivity contribution < 1.29 is 9.18 Å². The summed E-state index contributed by atoms with van der Waals surface area (Å²) in [5.74, 6) is -0.298. The van der Waals surface area contributed by atoms with Gasteiger partial charge < -0.3 is 10.2 Å². The zero-order valence-corrected chi connectivity index (χ0v) is 12.4. The molecule has 104 valence electrons. The standard InChI is InChI=1S/C14H18BrFN2O/c15-11-5-6-12(16)13(9-11)17-10-14(19)18-7-3-1-2-4-8-18/h5-6,9,17H,1-4,7-8,10H2. The smallest absolute Gasteiger partial charge is 0.241 e. The Kier molecular flexibility index (Phi) is 5.19. The number of hydrogen-bond acceptors (Lipinski definition) is 2. The van der Waals surface area contributed by atoms with E-state index < -0.39 is 0 Å². The van der Waals surface area contributed by atoms with Gasteiger partial charge in [-0.1, -0.05) is 28.8 Å². The second-order valence-corrected chi connectivity index (χ2v) is 5.69. The van der Waals surface area contributed by atoms with Crippen LogP contribution in [0.5, 0.6) is 0 Å². The first-order chi connectivity index (χ1) is 9.16. The monoisotopic (exact) mass is 328 g/mol. The fourth-order valence-corrected chi connectivity index (χ4v) is 2.60. The van der Waals surface area contributed by atoms with Gasteiger partial charge >= 0.3 is 0 Å². The molecule has 2 rings (SSSR count). The van der Waals surface area contributed by atoms with Crippen LogP contribution in [-0.2, 0) is 4.79 Å². The lowest BCUT2D eigenvalue weighted by Gasteiger charge is -2.20. The molecule has 1 aliphatic rings. The molecule has 3 nitrogen and oxygen atoms in total. The number of rotatable bonds is 3. The number of anilines is 1. The van der Waals surface area contributed by atoms with Gasteiger partial charge in [-0.15, -0.1) is 0 Å². The van der Waals surface area contributed by atoms with Gasteiger partial charge in [-0.25, -0.2) is 4.39 Å². The predicted octanol–water partition coefficient (Wildman–Crippen LogP) is 3.40. The number of carbonyl (C=O) groups is 1. The van der Waals surface area contributed by atoms with Gasteiger partial charge in [0.05, 0.1) is 12.2 Å². The summed E-state index contributed by atoms with van der Waals surface area (Å²) in [7, 11) is 0. The number of amides is 1. The molecule has 0 atom stereocenters. The maximum absolute atomic E-state index is 13.5. The Hall–Kier alpha value is -1.10. The van der Waals surface area contributed by atoms with E-state index >= 15 is 0 Å². The second kappa shape index (κ2) is 6.89. The number of halogens is 2. The lowest BCUT2D eigenvalue weighted by atomic mass is 10.2. The SMILES string of the molecule is O=C(CNc1cc(Br)ccc1F)N1CCCCCC1. The minimum atomic E-state index is -0.341. The average molecular weight is 329 g/mol. The van der Waals surface area contributed by atoms with Gasteiger partial charge in [0.1, 0.15) is 5.82 Å². The van der Waals surface area contributed by atoms with Crippen molar-refractivity contribution in [3.8, 4) is 0 Å². The maximum atomic E-state index is 13.5. The van der Waals surface area contributed by atoms with E-state index in [4.69, 9.17) is 0 Å². The average Bonchev–Trinajstić information content (AvgIpc) is 2.68. The Morgan fingerprint density at radius 1 is 1.26 bits per heavy atom. The third-order valence-electron chi connectivity index (χ3n) is 3.32. The minimum absolute atomic E-state index is 0.0428. The summed E-state index contributed by atoms with van der Waals surface area (Å²) < 4.78 is 14.3. The van der Waals surface area contributed by atoms with Crippen LogP contribution >= 0.6 is 15.9 Å². The van der Waals surface area contributed by atoms with Gasteiger partial charge in [0.25, 0.3) is 0 Å². The van der Waals surface area contributed by atoms with Crippen molar-refractivity contribution in [3.63, 3.8) is 0 Å². The first kappa shape index (κ1) is 14.3. The normalized spacial score (nSPS) is 16.0. The Bertz CT molecular complexity index is 445. The molecule has 1 aliphatic heterocycles. The Balaban J connectivity index is 1.90. The fraction of sp³-hybridized carbons (Fsp3) is 0.500. The van der Waals surface area contributed by atoms with E-state index in [0.29, 0.717) is 5.69 Å². The van der Waals surface area contributed by atoms with E-state index in [9.17, 15) is 9.18 Å². The molecule has 1 heterocycles. The molecule has 0 bridgehead atoms. The number of hydrogen-bond donors (Lipinski definition) is 1. The molecule has 1 aromatic rings. The Morgan fingerprint density at radius 3 is 2.63 bits per heavy atom. The van der Waals surface area contributed by atoms with E-state index in [-0.39, 0.29) is 18.3 Å². The zero-order chi connectivity index (χ0) is 13.7. The van der Waals surface area contributed by atoms with E-state index in [1.165, 1.54) is 18.9 Å². The van der Waals surface area contributed by atoms with Gasteiger partial charge in [0.15, 0.2) is 0 Å². The summed E-state index contributed by atoms with van der Waals surface area (Å²) in [6, 6.07) is 4.66. The van der Waals surface area contributed by atoms with Gasteiger partial charge in [0, 0.05) is 17.6 Å². The molecule has 0 aromatic heterocycles. The summed E-state index contributed by atoms with van der Waals surface area (Å²) in [6.07, 6.45) is 4.52. The highest BCUT2D eigenvalue weighted by atomic mass is 79.9. The van der Waals surface area contributed by atoms with E-state index in [2.05, 4.69) is 21.2 Å². The number of likely N-dealkylation sites (tertiary alicyclic amines) is 1. The molecular formula is C14H18BrFN2O. The Morgan fingerprint density at radius 2 is 1.95 bits per heavy atom. The number of benzene rings is 1. The largest absolute Gasteiger partial charge is 0.374 e. The van der Waals surface area contributed by atoms with Gasteiger partial charge in [0.2, 0.25) is 5.91 Å². The van der Waals surface area contributed by atoms with Crippen LogP contribution in [0.4, 0.5) is 10.1 Å². The first-order valence-electron chi connectivity index (χ1n) is 6.63. The highest BCUT2D eigenvalue weighted by Crippen LogP contribution is 2.20. The molecule has 0 unspecified atom stereocenters. The summed E-state index contributed by atoms with van der Waals surface area (Å²) in [4.78, 5) is 13.9. The van der Waals surface area contributed by atoms with Crippen LogP contribution < -0.4 is 5.32 Å². The molecule has 1 saturated heterocycles.